The van der Waals surface area contributed by atoms with Crippen molar-refractivity contribution < 1.29 is 4.74 Å². The summed E-state index contributed by atoms with van der Waals surface area (Å²) >= 11 is 0. The van der Waals surface area contributed by atoms with Gasteiger partial charge in [-0.1, -0.05) is 20.8 Å². The molecule has 0 atom stereocenters. The van der Waals surface area contributed by atoms with Gasteiger partial charge in [-0.05, 0) is 24.7 Å². The van der Waals surface area contributed by atoms with Gasteiger partial charge in [-0.3, -0.25) is 0 Å². The molecule has 0 saturated carbocycles. The van der Waals surface area contributed by atoms with E-state index in [4.69, 9.17) is 10.5 Å². The smallest absolute Gasteiger partial charge is 0.0483 e. The number of ether oxygens (including phenoxy) is 1. The average molecular weight is 171 g/mol. The first-order valence-corrected chi connectivity index (χ1v) is 4.78. The van der Waals surface area contributed by atoms with Gasteiger partial charge in [0.05, 0.1) is 0 Å². The molecule has 0 radical (unpaired) electrons. The van der Waals surface area contributed by atoms with Crippen LogP contribution >= 0.6 is 0 Å². The normalized spacial score (nSPS) is 24.0. The highest BCUT2D eigenvalue weighted by molar-refractivity contribution is 4.90. The molecule has 12 heavy (non-hydrogen) atoms. The Kier molecular flexibility index (Phi) is 2.79. The number of rotatable bonds is 1. The Morgan fingerprint density at radius 1 is 1.25 bits per heavy atom. The van der Waals surface area contributed by atoms with Gasteiger partial charge >= 0.3 is 0 Å². The summed E-state index contributed by atoms with van der Waals surface area (Å²) in [4.78, 5) is 0. The Morgan fingerprint density at radius 2 is 1.75 bits per heavy atom. The van der Waals surface area contributed by atoms with Crippen molar-refractivity contribution in [3.63, 3.8) is 0 Å². The van der Waals surface area contributed by atoms with E-state index >= 15 is 0 Å². The fourth-order valence-corrected chi connectivity index (χ4v) is 2.01. The van der Waals surface area contributed by atoms with Gasteiger partial charge in [-0.15, -0.1) is 0 Å². The maximum Gasteiger partial charge on any atom is 0.0483 e. The molecule has 1 heterocycles. The van der Waals surface area contributed by atoms with E-state index in [1.54, 1.807) is 0 Å². The fraction of sp³-hybridized carbons (Fsp3) is 1.00. The van der Waals surface area contributed by atoms with E-state index in [1.807, 2.05) is 0 Å². The van der Waals surface area contributed by atoms with Gasteiger partial charge in [0.15, 0.2) is 0 Å². The lowest BCUT2D eigenvalue weighted by molar-refractivity contribution is 0.0380. The van der Waals surface area contributed by atoms with Crippen LogP contribution in [0.15, 0.2) is 0 Å². The van der Waals surface area contributed by atoms with Crippen LogP contribution in [0, 0.1) is 5.41 Å². The molecule has 0 aromatic rings. The van der Waals surface area contributed by atoms with Crippen molar-refractivity contribution in [1.29, 1.82) is 0 Å². The van der Waals surface area contributed by atoms with Crippen LogP contribution < -0.4 is 5.73 Å². The van der Waals surface area contributed by atoms with E-state index < -0.39 is 0 Å². The molecule has 2 heteroatoms. The first-order valence-electron chi connectivity index (χ1n) is 4.78. The van der Waals surface area contributed by atoms with E-state index in [-0.39, 0.29) is 5.54 Å². The average Bonchev–Trinajstić information content (AvgIpc) is 1.83. The molecular weight excluding hydrogens is 150 g/mol. The largest absolute Gasteiger partial charge is 0.381 e. The van der Waals surface area contributed by atoms with Crippen molar-refractivity contribution in [3.8, 4) is 0 Å². The van der Waals surface area contributed by atoms with Crippen LogP contribution in [0.5, 0.6) is 0 Å². The Balaban J connectivity index is 2.47. The van der Waals surface area contributed by atoms with Crippen molar-refractivity contribution >= 4 is 0 Å². The molecule has 1 aliphatic heterocycles. The highest BCUT2D eigenvalue weighted by Crippen LogP contribution is 2.31. The molecule has 72 valence electrons. The van der Waals surface area contributed by atoms with Gasteiger partial charge in [0.1, 0.15) is 0 Å². The van der Waals surface area contributed by atoms with E-state index in [9.17, 15) is 0 Å². The Hall–Kier alpha value is -0.0800. The Morgan fingerprint density at radius 3 is 2.17 bits per heavy atom. The minimum absolute atomic E-state index is 0.0382. The molecule has 1 aliphatic rings. The summed E-state index contributed by atoms with van der Waals surface area (Å²) in [6.07, 6.45) is 3.14. The summed E-state index contributed by atoms with van der Waals surface area (Å²) in [5.41, 5.74) is 6.64. The van der Waals surface area contributed by atoms with Crippen LogP contribution in [0.25, 0.3) is 0 Å². The molecule has 0 unspecified atom stereocenters. The fourth-order valence-electron chi connectivity index (χ4n) is 2.01. The van der Waals surface area contributed by atoms with Crippen LogP contribution in [-0.4, -0.2) is 18.8 Å². The Bertz CT molecular complexity index is 142. The predicted molar refractivity (Wildman–Crippen MR) is 51.0 cm³/mol. The molecule has 2 N–H and O–H groups in total. The number of hydrogen-bond acceptors (Lipinski definition) is 2. The van der Waals surface area contributed by atoms with Crippen LogP contribution in [0.3, 0.4) is 0 Å². The van der Waals surface area contributed by atoms with Crippen LogP contribution in [0.2, 0.25) is 0 Å². The summed E-state index contributed by atoms with van der Waals surface area (Å²) < 4.78 is 5.30. The van der Waals surface area contributed by atoms with Crippen LogP contribution in [0.1, 0.15) is 40.0 Å². The minimum atomic E-state index is 0.0382. The van der Waals surface area contributed by atoms with E-state index in [0.717, 1.165) is 32.5 Å². The van der Waals surface area contributed by atoms with Gasteiger partial charge in [-0.25, -0.2) is 0 Å². The minimum Gasteiger partial charge on any atom is -0.381 e. The molecule has 0 aromatic carbocycles. The van der Waals surface area contributed by atoms with Crippen molar-refractivity contribution in [2.24, 2.45) is 11.1 Å². The maximum absolute atomic E-state index is 6.27. The highest BCUT2D eigenvalue weighted by atomic mass is 16.5. The lowest BCUT2D eigenvalue weighted by Crippen LogP contribution is -2.47. The second kappa shape index (κ2) is 3.35. The quantitative estimate of drug-likeness (QED) is 0.654. The van der Waals surface area contributed by atoms with E-state index in [1.165, 1.54) is 0 Å². The SMILES string of the molecule is CC(C)(C)CC1(N)CCOCC1. The number of nitrogens with two attached hydrogens (primary N) is 1. The summed E-state index contributed by atoms with van der Waals surface area (Å²) in [6, 6.07) is 0. The summed E-state index contributed by atoms with van der Waals surface area (Å²) in [5.74, 6) is 0. The molecule has 2 nitrogen and oxygen atoms in total. The lowest BCUT2D eigenvalue weighted by Gasteiger charge is -2.38. The molecule has 1 fully saturated rings. The van der Waals surface area contributed by atoms with Crippen molar-refractivity contribution in [3.05, 3.63) is 0 Å². The highest BCUT2D eigenvalue weighted by Gasteiger charge is 2.32. The second-order valence-corrected chi connectivity index (χ2v) is 5.21. The summed E-state index contributed by atoms with van der Waals surface area (Å²) in [6.45, 7) is 8.42. The third kappa shape index (κ3) is 3.11. The van der Waals surface area contributed by atoms with Crippen LogP contribution in [-0.2, 0) is 4.74 Å². The third-order valence-electron chi connectivity index (χ3n) is 2.37. The zero-order chi connectivity index (χ0) is 9.24. The topological polar surface area (TPSA) is 35.2 Å². The van der Waals surface area contributed by atoms with Gasteiger partial charge in [-0.2, -0.15) is 0 Å². The van der Waals surface area contributed by atoms with Crippen LogP contribution in [0.4, 0.5) is 0 Å². The van der Waals surface area contributed by atoms with Crippen molar-refractivity contribution in [1.82, 2.24) is 0 Å². The van der Waals surface area contributed by atoms with Crippen molar-refractivity contribution in [2.75, 3.05) is 13.2 Å². The first kappa shape index (κ1) is 10.0. The maximum atomic E-state index is 6.27. The molecule has 0 amide bonds. The second-order valence-electron chi connectivity index (χ2n) is 5.21. The zero-order valence-corrected chi connectivity index (χ0v) is 8.52. The van der Waals surface area contributed by atoms with E-state index in [0.29, 0.717) is 5.41 Å². The Labute approximate surface area is 75.5 Å². The summed E-state index contributed by atoms with van der Waals surface area (Å²) in [5, 5.41) is 0. The molecule has 0 spiro atoms. The number of hydrogen-bond donors (Lipinski definition) is 1. The molecule has 0 aliphatic carbocycles. The summed E-state index contributed by atoms with van der Waals surface area (Å²) in [7, 11) is 0. The molecule has 0 bridgehead atoms. The van der Waals surface area contributed by atoms with Gasteiger partial charge in [0, 0.05) is 18.8 Å². The lowest BCUT2D eigenvalue weighted by atomic mass is 9.76. The molecular formula is C10H21NO. The molecule has 0 aromatic heterocycles. The monoisotopic (exact) mass is 171 g/mol. The zero-order valence-electron chi connectivity index (χ0n) is 8.52. The van der Waals surface area contributed by atoms with Gasteiger partial charge in [0.2, 0.25) is 0 Å². The van der Waals surface area contributed by atoms with E-state index in [2.05, 4.69) is 20.8 Å². The van der Waals surface area contributed by atoms with Gasteiger partial charge < -0.3 is 10.5 Å². The molecule has 1 rings (SSSR count). The molecule has 1 saturated heterocycles. The predicted octanol–water partition coefficient (Wildman–Crippen LogP) is 1.93. The standard InChI is InChI=1S/C10H21NO/c1-9(2,3)8-10(11)4-6-12-7-5-10/h4-8,11H2,1-3H3. The third-order valence-corrected chi connectivity index (χ3v) is 2.37. The van der Waals surface area contributed by atoms with Crippen molar-refractivity contribution in [2.45, 2.75) is 45.6 Å². The first-order chi connectivity index (χ1) is 5.41. The van der Waals surface area contributed by atoms with Gasteiger partial charge in [0.25, 0.3) is 0 Å².